The average Bonchev–Trinajstić information content (AvgIpc) is 3.31. The maximum atomic E-state index is 12.4. The SMILES string of the molecule is COc1ccc(C2(NC(=O)Nc3cc(C)ccc3C)CC2)cc1. The monoisotopic (exact) mass is 310 g/mol. The first-order valence-electron chi connectivity index (χ1n) is 7.83. The van der Waals surface area contributed by atoms with Crippen molar-refractivity contribution in [1.82, 2.24) is 5.32 Å². The van der Waals surface area contributed by atoms with E-state index in [2.05, 4.69) is 10.6 Å². The average molecular weight is 310 g/mol. The summed E-state index contributed by atoms with van der Waals surface area (Å²) in [7, 11) is 1.65. The van der Waals surface area contributed by atoms with Crippen LogP contribution < -0.4 is 15.4 Å². The van der Waals surface area contributed by atoms with Crippen LogP contribution in [0, 0.1) is 13.8 Å². The van der Waals surface area contributed by atoms with E-state index in [9.17, 15) is 4.79 Å². The van der Waals surface area contributed by atoms with Gasteiger partial charge in [-0.25, -0.2) is 4.79 Å². The molecule has 2 aromatic carbocycles. The number of amides is 2. The minimum Gasteiger partial charge on any atom is -0.497 e. The van der Waals surface area contributed by atoms with Crippen LogP contribution >= 0.6 is 0 Å². The molecule has 2 amide bonds. The number of carbonyl (C=O) groups excluding carboxylic acids is 1. The molecule has 0 radical (unpaired) electrons. The number of methoxy groups -OCH3 is 1. The number of benzene rings is 2. The van der Waals surface area contributed by atoms with Gasteiger partial charge in [-0.1, -0.05) is 24.3 Å². The topological polar surface area (TPSA) is 50.4 Å². The Morgan fingerprint density at radius 2 is 1.78 bits per heavy atom. The number of ether oxygens (including phenoxy) is 1. The van der Waals surface area contributed by atoms with Gasteiger partial charge in [-0.15, -0.1) is 0 Å². The predicted octanol–water partition coefficient (Wildman–Crippen LogP) is 4.12. The second kappa shape index (κ2) is 5.95. The lowest BCUT2D eigenvalue weighted by Crippen LogP contribution is -2.38. The van der Waals surface area contributed by atoms with Gasteiger partial charge in [-0.2, -0.15) is 0 Å². The largest absolute Gasteiger partial charge is 0.497 e. The molecule has 23 heavy (non-hydrogen) atoms. The van der Waals surface area contributed by atoms with Crippen LogP contribution in [0.15, 0.2) is 42.5 Å². The Kier molecular flexibility index (Phi) is 3.99. The van der Waals surface area contributed by atoms with Crippen LogP contribution in [0.1, 0.15) is 29.5 Å². The van der Waals surface area contributed by atoms with Crippen molar-refractivity contribution in [2.24, 2.45) is 0 Å². The Labute approximate surface area is 136 Å². The molecule has 0 bridgehead atoms. The third kappa shape index (κ3) is 3.31. The van der Waals surface area contributed by atoms with Crippen molar-refractivity contribution >= 4 is 11.7 Å². The molecule has 2 aromatic rings. The van der Waals surface area contributed by atoms with Gasteiger partial charge in [0, 0.05) is 5.69 Å². The summed E-state index contributed by atoms with van der Waals surface area (Å²) in [5, 5.41) is 6.09. The fraction of sp³-hybridized carbons (Fsp3) is 0.316. The van der Waals surface area contributed by atoms with E-state index in [0.29, 0.717) is 0 Å². The van der Waals surface area contributed by atoms with Crippen molar-refractivity contribution in [2.45, 2.75) is 32.2 Å². The van der Waals surface area contributed by atoms with Crippen molar-refractivity contribution in [3.63, 3.8) is 0 Å². The van der Waals surface area contributed by atoms with Gasteiger partial charge in [0.2, 0.25) is 0 Å². The third-order valence-corrected chi connectivity index (χ3v) is 4.39. The van der Waals surface area contributed by atoms with Gasteiger partial charge < -0.3 is 15.4 Å². The van der Waals surface area contributed by atoms with Gasteiger partial charge in [0.25, 0.3) is 0 Å². The van der Waals surface area contributed by atoms with E-state index in [1.54, 1.807) is 7.11 Å². The second-order valence-electron chi connectivity index (χ2n) is 6.21. The summed E-state index contributed by atoms with van der Waals surface area (Å²) < 4.78 is 5.19. The highest BCUT2D eigenvalue weighted by molar-refractivity contribution is 5.91. The van der Waals surface area contributed by atoms with Gasteiger partial charge in [-0.05, 0) is 61.6 Å². The Morgan fingerprint density at radius 1 is 1.09 bits per heavy atom. The van der Waals surface area contributed by atoms with Crippen LogP contribution in [-0.2, 0) is 5.54 Å². The van der Waals surface area contributed by atoms with Gasteiger partial charge in [-0.3, -0.25) is 0 Å². The van der Waals surface area contributed by atoms with E-state index in [0.717, 1.165) is 41.0 Å². The molecule has 0 atom stereocenters. The van der Waals surface area contributed by atoms with E-state index in [4.69, 9.17) is 4.74 Å². The molecular weight excluding hydrogens is 288 g/mol. The van der Waals surface area contributed by atoms with Gasteiger partial charge in [0.15, 0.2) is 0 Å². The highest BCUT2D eigenvalue weighted by Gasteiger charge is 2.45. The van der Waals surface area contributed by atoms with E-state index >= 15 is 0 Å². The second-order valence-corrected chi connectivity index (χ2v) is 6.21. The molecular formula is C19H22N2O2. The molecule has 1 aliphatic rings. The number of nitrogens with one attached hydrogen (secondary N) is 2. The van der Waals surface area contributed by atoms with Crippen molar-refractivity contribution in [3.8, 4) is 5.75 Å². The quantitative estimate of drug-likeness (QED) is 0.892. The molecule has 0 spiro atoms. The van der Waals surface area contributed by atoms with Crippen LogP contribution in [-0.4, -0.2) is 13.1 Å². The summed E-state index contributed by atoms with van der Waals surface area (Å²) in [5.74, 6) is 0.824. The Hall–Kier alpha value is -2.49. The van der Waals surface area contributed by atoms with Crippen molar-refractivity contribution in [1.29, 1.82) is 0 Å². The molecule has 0 aliphatic heterocycles. The van der Waals surface area contributed by atoms with Crippen molar-refractivity contribution in [3.05, 3.63) is 59.2 Å². The molecule has 2 N–H and O–H groups in total. The summed E-state index contributed by atoms with van der Waals surface area (Å²) in [6.45, 7) is 4.01. The minimum absolute atomic E-state index is 0.160. The van der Waals surface area contributed by atoms with E-state index in [1.165, 1.54) is 0 Å². The standard InChI is InChI=1S/C19H22N2O2/c1-13-4-5-14(2)17(12-13)20-18(22)21-19(10-11-19)15-6-8-16(23-3)9-7-15/h4-9,12H,10-11H2,1-3H3,(H2,20,21,22). The highest BCUT2D eigenvalue weighted by atomic mass is 16.5. The number of hydrogen-bond acceptors (Lipinski definition) is 2. The molecule has 0 unspecified atom stereocenters. The zero-order chi connectivity index (χ0) is 16.4. The molecule has 1 aliphatic carbocycles. The molecule has 0 aromatic heterocycles. The summed E-state index contributed by atoms with van der Waals surface area (Å²) in [5.41, 5.74) is 3.92. The van der Waals surface area contributed by atoms with E-state index in [-0.39, 0.29) is 11.6 Å². The number of rotatable bonds is 4. The molecule has 120 valence electrons. The Balaban J connectivity index is 1.70. The van der Waals surface area contributed by atoms with Crippen LogP contribution in [0.2, 0.25) is 0 Å². The fourth-order valence-corrected chi connectivity index (χ4v) is 2.76. The van der Waals surface area contributed by atoms with Crippen molar-refractivity contribution < 1.29 is 9.53 Å². The zero-order valence-corrected chi connectivity index (χ0v) is 13.8. The number of anilines is 1. The molecule has 3 rings (SSSR count). The Morgan fingerprint density at radius 3 is 2.39 bits per heavy atom. The van der Waals surface area contributed by atoms with Crippen LogP contribution in [0.4, 0.5) is 10.5 Å². The smallest absolute Gasteiger partial charge is 0.319 e. The Bertz CT molecular complexity index is 719. The third-order valence-electron chi connectivity index (χ3n) is 4.39. The van der Waals surface area contributed by atoms with Gasteiger partial charge in [0.1, 0.15) is 5.75 Å². The summed E-state index contributed by atoms with van der Waals surface area (Å²) in [6.07, 6.45) is 1.92. The molecule has 4 nitrogen and oxygen atoms in total. The maximum Gasteiger partial charge on any atom is 0.319 e. The maximum absolute atomic E-state index is 12.4. The minimum atomic E-state index is -0.242. The first kappa shape index (κ1) is 15.4. The number of hydrogen-bond donors (Lipinski definition) is 2. The number of carbonyl (C=O) groups is 1. The first-order chi connectivity index (χ1) is 11.0. The number of urea groups is 1. The molecule has 1 fully saturated rings. The lowest BCUT2D eigenvalue weighted by atomic mass is 10.0. The summed E-state index contributed by atoms with van der Waals surface area (Å²) in [6, 6.07) is 13.8. The van der Waals surface area contributed by atoms with Gasteiger partial charge in [0.05, 0.1) is 12.6 Å². The van der Waals surface area contributed by atoms with E-state index < -0.39 is 0 Å². The number of aryl methyl sites for hydroxylation is 2. The lowest BCUT2D eigenvalue weighted by molar-refractivity contribution is 0.247. The van der Waals surface area contributed by atoms with E-state index in [1.807, 2.05) is 56.3 Å². The summed E-state index contributed by atoms with van der Waals surface area (Å²) in [4.78, 5) is 12.4. The summed E-state index contributed by atoms with van der Waals surface area (Å²) >= 11 is 0. The molecule has 0 heterocycles. The lowest BCUT2D eigenvalue weighted by Gasteiger charge is -2.19. The fourth-order valence-electron chi connectivity index (χ4n) is 2.76. The van der Waals surface area contributed by atoms with Crippen LogP contribution in [0.3, 0.4) is 0 Å². The highest BCUT2D eigenvalue weighted by Crippen LogP contribution is 2.45. The molecule has 1 saturated carbocycles. The normalized spacial score (nSPS) is 14.9. The molecule has 0 saturated heterocycles. The predicted molar refractivity (Wildman–Crippen MR) is 92.0 cm³/mol. The van der Waals surface area contributed by atoms with Gasteiger partial charge >= 0.3 is 6.03 Å². The molecule has 4 heteroatoms. The van der Waals surface area contributed by atoms with Crippen molar-refractivity contribution in [2.75, 3.05) is 12.4 Å². The van der Waals surface area contributed by atoms with Crippen LogP contribution in [0.5, 0.6) is 5.75 Å². The first-order valence-corrected chi connectivity index (χ1v) is 7.83. The van der Waals surface area contributed by atoms with Crippen LogP contribution in [0.25, 0.3) is 0 Å². The zero-order valence-electron chi connectivity index (χ0n) is 13.8.